The summed E-state index contributed by atoms with van der Waals surface area (Å²) in [4.78, 5) is 8.55. The van der Waals surface area contributed by atoms with Crippen LogP contribution in [-0.4, -0.2) is 19.6 Å². The lowest BCUT2D eigenvalue weighted by Gasteiger charge is -2.07. The van der Waals surface area contributed by atoms with Gasteiger partial charge in [-0.15, -0.1) is 0 Å². The second kappa shape index (κ2) is 5.83. The fourth-order valence-electron chi connectivity index (χ4n) is 2.16. The first kappa shape index (κ1) is 14.0. The molecule has 2 aromatic heterocycles. The van der Waals surface area contributed by atoms with Crippen LogP contribution in [0.1, 0.15) is 11.3 Å². The van der Waals surface area contributed by atoms with Crippen LogP contribution >= 0.6 is 11.8 Å². The van der Waals surface area contributed by atoms with E-state index in [0.717, 1.165) is 16.4 Å². The quantitative estimate of drug-likeness (QED) is 0.753. The van der Waals surface area contributed by atoms with Gasteiger partial charge in [0.1, 0.15) is 5.82 Å². The molecule has 0 spiro atoms. The molecule has 21 heavy (non-hydrogen) atoms. The summed E-state index contributed by atoms with van der Waals surface area (Å²) in [6, 6.07) is 6.69. The Morgan fingerprint density at radius 1 is 1.29 bits per heavy atom. The van der Waals surface area contributed by atoms with Gasteiger partial charge in [-0.05, 0) is 23.8 Å². The number of aliphatic hydroxyl groups excluding tert-OH is 1. The van der Waals surface area contributed by atoms with Gasteiger partial charge >= 0.3 is 0 Å². The summed E-state index contributed by atoms with van der Waals surface area (Å²) in [5, 5.41) is 10.5. The molecule has 0 fully saturated rings. The summed E-state index contributed by atoms with van der Waals surface area (Å²) < 4.78 is 15.6. The average Bonchev–Trinajstić information content (AvgIpc) is 2.87. The molecule has 0 aliphatic carbocycles. The van der Waals surface area contributed by atoms with E-state index in [1.165, 1.54) is 17.8 Å². The number of nitrogens with zero attached hydrogens (tertiary/aromatic N) is 3. The molecule has 0 radical (unpaired) electrons. The minimum absolute atomic E-state index is 0.0366. The molecule has 0 atom stereocenters. The van der Waals surface area contributed by atoms with Gasteiger partial charge in [0.15, 0.2) is 5.16 Å². The van der Waals surface area contributed by atoms with Crippen LogP contribution < -0.4 is 0 Å². The van der Waals surface area contributed by atoms with Crippen molar-refractivity contribution in [3.05, 3.63) is 53.7 Å². The Labute approximate surface area is 125 Å². The van der Waals surface area contributed by atoms with Crippen molar-refractivity contribution in [2.24, 2.45) is 7.05 Å². The lowest BCUT2D eigenvalue weighted by Crippen LogP contribution is -1.98. The third-order valence-electron chi connectivity index (χ3n) is 3.36. The zero-order chi connectivity index (χ0) is 14.8. The number of hydrogen-bond acceptors (Lipinski definition) is 4. The van der Waals surface area contributed by atoms with Crippen LogP contribution in [0.2, 0.25) is 0 Å². The van der Waals surface area contributed by atoms with Crippen molar-refractivity contribution in [2.45, 2.75) is 17.5 Å². The summed E-state index contributed by atoms with van der Waals surface area (Å²) in [5.41, 5.74) is 2.41. The molecule has 0 aliphatic heterocycles. The van der Waals surface area contributed by atoms with Crippen molar-refractivity contribution in [3.63, 3.8) is 0 Å². The fraction of sp³-hybridized carbons (Fsp3) is 0.200. The fourth-order valence-corrected chi connectivity index (χ4v) is 3.12. The number of imidazole rings is 1. The number of pyridine rings is 1. The summed E-state index contributed by atoms with van der Waals surface area (Å²) in [5.74, 6) is 0.384. The normalized spacial score (nSPS) is 11.2. The Kier molecular flexibility index (Phi) is 3.90. The van der Waals surface area contributed by atoms with Crippen molar-refractivity contribution in [2.75, 3.05) is 0 Å². The van der Waals surface area contributed by atoms with Crippen molar-refractivity contribution in [3.8, 4) is 0 Å². The van der Waals surface area contributed by atoms with Gasteiger partial charge in [0, 0.05) is 24.4 Å². The van der Waals surface area contributed by atoms with E-state index in [2.05, 4.69) is 9.97 Å². The van der Waals surface area contributed by atoms with Crippen LogP contribution in [0, 0.1) is 5.82 Å². The Morgan fingerprint density at radius 3 is 2.90 bits per heavy atom. The lowest BCUT2D eigenvalue weighted by atomic mass is 10.1. The molecule has 0 saturated heterocycles. The topological polar surface area (TPSA) is 50.9 Å². The molecule has 1 N–H and O–H groups in total. The molecule has 3 rings (SSSR count). The lowest BCUT2D eigenvalue weighted by molar-refractivity contribution is 0.271. The zero-order valence-electron chi connectivity index (χ0n) is 11.5. The third kappa shape index (κ3) is 2.64. The molecule has 4 nitrogen and oxygen atoms in total. The Hall–Kier alpha value is -1.92. The summed E-state index contributed by atoms with van der Waals surface area (Å²) >= 11 is 1.54. The van der Waals surface area contributed by atoms with Gasteiger partial charge in [-0.25, -0.2) is 9.37 Å². The van der Waals surface area contributed by atoms with Crippen LogP contribution in [-0.2, 0) is 19.4 Å². The van der Waals surface area contributed by atoms with Crippen molar-refractivity contribution < 1.29 is 9.50 Å². The highest BCUT2D eigenvalue weighted by molar-refractivity contribution is 7.98. The van der Waals surface area contributed by atoms with Crippen molar-refractivity contribution in [1.82, 2.24) is 14.5 Å². The van der Waals surface area contributed by atoms with Gasteiger partial charge in [-0.2, -0.15) is 0 Å². The number of thioether (sulfide) groups is 1. The molecule has 2 heterocycles. The van der Waals surface area contributed by atoms with E-state index < -0.39 is 0 Å². The number of benzene rings is 1. The van der Waals surface area contributed by atoms with Gasteiger partial charge in [0.05, 0.1) is 24.0 Å². The molecule has 108 valence electrons. The maximum Gasteiger partial charge on any atom is 0.168 e. The molecule has 0 amide bonds. The first-order valence-electron chi connectivity index (χ1n) is 6.47. The molecular weight excluding hydrogens is 289 g/mol. The van der Waals surface area contributed by atoms with Gasteiger partial charge in [-0.1, -0.05) is 17.8 Å². The second-order valence-corrected chi connectivity index (χ2v) is 5.59. The Morgan fingerprint density at radius 2 is 2.14 bits per heavy atom. The monoisotopic (exact) mass is 303 g/mol. The highest BCUT2D eigenvalue weighted by Gasteiger charge is 2.10. The van der Waals surface area contributed by atoms with Crippen molar-refractivity contribution >= 4 is 22.7 Å². The molecule has 0 unspecified atom stereocenters. The van der Waals surface area contributed by atoms with Gasteiger partial charge in [0.2, 0.25) is 0 Å². The van der Waals surface area contributed by atoms with E-state index in [4.69, 9.17) is 5.11 Å². The predicted octanol–water partition coefficient (Wildman–Crippen LogP) is 2.89. The van der Waals surface area contributed by atoms with Gasteiger partial charge < -0.3 is 9.67 Å². The van der Waals surface area contributed by atoms with Crippen LogP contribution in [0.3, 0.4) is 0 Å². The van der Waals surface area contributed by atoms with Crippen LogP contribution in [0.5, 0.6) is 0 Å². The Balaban J connectivity index is 1.88. The summed E-state index contributed by atoms with van der Waals surface area (Å²) in [6.45, 7) is -0.0366. The van der Waals surface area contributed by atoms with E-state index in [1.54, 1.807) is 30.6 Å². The third-order valence-corrected chi connectivity index (χ3v) is 4.45. The largest absolute Gasteiger partial charge is 0.390 e. The molecule has 0 bridgehead atoms. The first-order chi connectivity index (χ1) is 10.2. The maximum atomic E-state index is 13.8. The number of hydrogen-bond donors (Lipinski definition) is 1. The number of aromatic nitrogens is 3. The molecule has 3 aromatic rings. The van der Waals surface area contributed by atoms with Crippen LogP contribution in [0.25, 0.3) is 10.9 Å². The smallest absolute Gasteiger partial charge is 0.168 e. The number of fused-ring (bicyclic) bond motifs is 1. The van der Waals surface area contributed by atoms with Crippen molar-refractivity contribution in [1.29, 1.82) is 0 Å². The highest BCUT2D eigenvalue weighted by atomic mass is 32.2. The predicted molar refractivity (Wildman–Crippen MR) is 80.4 cm³/mol. The molecule has 0 saturated carbocycles. The van der Waals surface area contributed by atoms with E-state index in [-0.39, 0.29) is 12.4 Å². The second-order valence-electron chi connectivity index (χ2n) is 4.64. The highest BCUT2D eigenvalue weighted by Crippen LogP contribution is 2.27. The molecular formula is C15H14FN3OS. The summed E-state index contributed by atoms with van der Waals surface area (Å²) in [6.07, 6.45) is 3.32. The van der Waals surface area contributed by atoms with E-state index in [0.29, 0.717) is 16.7 Å². The number of rotatable bonds is 4. The minimum Gasteiger partial charge on any atom is -0.390 e. The zero-order valence-corrected chi connectivity index (χ0v) is 12.3. The first-order valence-corrected chi connectivity index (χ1v) is 7.45. The van der Waals surface area contributed by atoms with E-state index >= 15 is 0 Å². The summed E-state index contributed by atoms with van der Waals surface area (Å²) in [7, 11) is 1.86. The van der Waals surface area contributed by atoms with Gasteiger partial charge in [0.25, 0.3) is 0 Å². The maximum absolute atomic E-state index is 13.8. The van der Waals surface area contributed by atoms with Crippen LogP contribution in [0.4, 0.5) is 4.39 Å². The molecule has 1 aromatic carbocycles. The Bertz CT molecular complexity index is 788. The average molecular weight is 303 g/mol. The minimum atomic E-state index is -0.258. The number of aliphatic hydroxyl groups is 1. The van der Waals surface area contributed by atoms with Gasteiger partial charge in [-0.3, -0.25) is 4.98 Å². The van der Waals surface area contributed by atoms with E-state index in [1.807, 2.05) is 11.6 Å². The number of halogens is 1. The SMILES string of the molecule is Cn1c(CO)cnc1SCc1ccc(F)c2cccnc12. The molecule has 0 aliphatic rings. The van der Waals surface area contributed by atoms with Crippen LogP contribution in [0.15, 0.2) is 41.8 Å². The molecule has 6 heteroatoms. The van der Waals surface area contributed by atoms with E-state index in [9.17, 15) is 4.39 Å². The standard InChI is InChI=1S/C15H14FN3OS/c1-19-11(8-20)7-18-15(19)21-9-10-4-5-13(16)12-3-2-6-17-14(10)12/h2-7,20H,8-9H2,1H3.